The van der Waals surface area contributed by atoms with Crippen LogP contribution in [0.5, 0.6) is 0 Å². The Morgan fingerprint density at radius 1 is 1.39 bits per heavy atom. The van der Waals surface area contributed by atoms with Crippen LogP contribution in [0.2, 0.25) is 0 Å². The number of nitrogens with zero attached hydrogens (tertiary/aromatic N) is 1. The topological polar surface area (TPSA) is 53.6 Å². The van der Waals surface area contributed by atoms with Gasteiger partial charge < -0.3 is 15.4 Å². The maximum Gasteiger partial charge on any atom is 0.319 e. The van der Waals surface area contributed by atoms with E-state index >= 15 is 0 Å². The number of aryl methyl sites for hydroxylation is 1. The van der Waals surface area contributed by atoms with E-state index in [2.05, 4.69) is 29.4 Å². The first kappa shape index (κ1) is 17.8. The molecule has 1 atom stereocenters. The van der Waals surface area contributed by atoms with Crippen LogP contribution < -0.4 is 10.6 Å². The van der Waals surface area contributed by atoms with Crippen molar-refractivity contribution < 1.29 is 9.53 Å². The van der Waals surface area contributed by atoms with E-state index in [1.165, 1.54) is 5.56 Å². The summed E-state index contributed by atoms with van der Waals surface area (Å²) >= 11 is 0. The first-order valence-electron chi connectivity index (χ1n) is 8.40. The predicted octanol–water partition coefficient (Wildman–Crippen LogP) is 2.78. The van der Waals surface area contributed by atoms with Crippen LogP contribution in [0, 0.1) is 19.8 Å². The van der Waals surface area contributed by atoms with Gasteiger partial charge in [0.15, 0.2) is 0 Å². The van der Waals surface area contributed by atoms with Gasteiger partial charge in [-0.25, -0.2) is 4.79 Å². The Morgan fingerprint density at radius 3 is 2.91 bits per heavy atom. The Morgan fingerprint density at radius 2 is 2.17 bits per heavy atom. The molecule has 23 heavy (non-hydrogen) atoms. The fourth-order valence-corrected chi connectivity index (χ4v) is 2.85. The molecule has 5 nitrogen and oxygen atoms in total. The van der Waals surface area contributed by atoms with Gasteiger partial charge in [0.2, 0.25) is 0 Å². The first-order chi connectivity index (χ1) is 11.0. The lowest BCUT2D eigenvalue weighted by atomic mass is 10.1. The highest BCUT2D eigenvalue weighted by Crippen LogP contribution is 2.17. The highest BCUT2D eigenvalue weighted by Gasteiger charge is 2.21. The Kier molecular flexibility index (Phi) is 6.42. The summed E-state index contributed by atoms with van der Waals surface area (Å²) in [6.45, 7) is 12.7. The molecule has 1 aliphatic rings. The lowest BCUT2D eigenvalue weighted by molar-refractivity contribution is -0.0288. The average molecular weight is 319 g/mol. The third-order valence-electron chi connectivity index (χ3n) is 4.19. The Labute approximate surface area is 139 Å². The molecule has 1 saturated heterocycles. The van der Waals surface area contributed by atoms with Crippen molar-refractivity contribution in [2.75, 3.05) is 38.1 Å². The van der Waals surface area contributed by atoms with E-state index in [9.17, 15) is 4.79 Å². The summed E-state index contributed by atoms with van der Waals surface area (Å²) in [6.07, 6.45) is 0.0619. The second-order valence-electron chi connectivity index (χ2n) is 6.73. The third-order valence-corrected chi connectivity index (χ3v) is 4.19. The van der Waals surface area contributed by atoms with Gasteiger partial charge in [0.05, 0.1) is 12.7 Å². The van der Waals surface area contributed by atoms with Crippen LogP contribution in [0.3, 0.4) is 0 Å². The summed E-state index contributed by atoms with van der Waals surface area (Å²) in [5, 5.41) is 5.83. The normalized spacial score (nSPS) is 18.9. The molecule has 1 heterocycles. The van der Waals surface area contributed by atoms with E-state index in [0.29, 0.717) is 12.5 Å². The summed E-state index contributed by atoms with van der Waals surface area (Å²) in [5.41, 5.74) is 3.12. The number of ether oxygens (including phenoxy) is 1. The number of carbonyl (C=O) groups is 1. The summed E-state index contributed by atoms with van der Waals surface area (Å²) in [5.74, 6) is 0.648. The second kappa shape index (κ2) is 8.31. The minimum atomic E-state index is -0.178. The number of amides is 2. The Bertz CT molecular complexity index is 531. The highest BCUT2D eigenvalue weighted by molar-refractivity contribution is 5.90. The molecular weight excluding hydrogens is 290 g/mol. The number of carbonyl (C=O) groups excluding carboxylic acids is 1. The van der Waals surface area contributed by atoms with Gasteiger partial charge in [-0.2, -0.15) is 0 Å². The predicted molar refractivity (Wildman–Crippen MR) is 94.0 cm³/mol. The molecule has 0 radical (unpaired) electrons. The van der Waals surface area contributed by atoms with Crippen molar-refractivity contribution in [3.8, 4) is 0 Å². The van der Waals surface area contributed by atoms with E-state index in [1.807, 2.05) is 32.0 Å². The van der Waals surface area contributed by atoms with Gasteiger partial charge >= 0.3 is 6.03 Å². The minimum absolute atomic E-state index is 0.0619. The third kappa shape index (κ3) is 5.52. The van der Waals surface area contributed by atoms with Crippen molar-refractivity contribution in [3.63, 3.8) is 0 Å². The number of hydrogen-bond acceptors (Lipinski definition) is 3. The summed E-state index contributed by atoms with van der Waals surface area (Å²) in [6, 6.07) is 5.73. The number of anilines is 1. The highest BCUT2D eigenvalue weighted by atomic mass is 16.5. The van der Waals surface area contributed by atoms with Crippen molar-refractivity contribution in [3.05, 3.63) is 29.3 Å². The van der Waals surface area contributed by atoms with Crippen LogP contribution in [0.4, 0.5) is 10.5 Å². The smallest absolute Gasteiger partial charge is 0.319 e. The molecule has 5 heteroatoms. The molecule has 1 fully saturated rings. The Balaban J connectivity index is 1.79. The van der Waals surface area contributed by atoms with Crippen LogP contribution in [0.25, 0.3) is 0 Å². The minimum Gasteiger partial charge on any atom is -0.374 e. The molecule has 0 aliphatic carbocycles. The number of rotatable bonds is 5. The van der Waals surface area contributed by atoms with Gasteiger partial charge in [-0.05, 0) is 37.0 Å². The lowest BCUT2D eigenvalue weighted by Crippen LogP contribution is -2.48. The molecule has 0 aromatic heterocycles. The zero-order valence-electron chi connectivity index (χ0n) is 14.7. The molecule has 1 aromatic rings. The van der Waals surface area contributed by atoms with Gasteiger partial charge in [0.1, 0.15) is 0 Å². The molecular formula is C18H29N3O2. The van der Waals surface area contributed by atoms with Gasteiger partial charge in [-0.15, -0.1) is 0 Å². The fourth-order valence-electron chi connectivity index (χ4n) is 2.85. The van der Waals surface area contributed by atoms with Gasteiger partial charge in [-0.1, -0.05) is 26.0 Å². The lowest BCUT2D eigenvalue weighted by Gasteiger charge is -2.33. The second-order valence-corrected chi connectivity index (χ2v) is 6.73. The van der Waals surface area contributed by atoms with Crippen LogP contribution in [0.1, 0.15) is 25.0 Å². The van der Waals surface area contributed by atoms with E-state index in [-0.39, 0.29) is 12.1 Å². The van der Waals surface area contributed by atoms with Crippen molar-refractivity contribution in [1.82, 2.24) is 10.2 Å². The van der Waals surface area contributed by atoms with Gasteiger partial charge in [0, 0.05) is 31.9 Å². The van der Waals surface area contributed by atoms with Crippen LogP contribution in [-0.4, -0.2) is 49.8 Å². The zero-order chi connectivity index (χ0) is 16.8. The number of benzene rings is 1. The molecule has 2 rings (SSSR count). The first-order valence-corrected chi connectivity index (χ1v) is 8.40. The van der Waals surface area contributed by atoms with Crippen molar-refractivity contribution in [2.45, 2.75) is 33.8 Å². The van der Waals surface area contributed by atoms with Crippen LogP contribution in [-0.2, 0) is 4.74 Å². The van der Waals surface area contributed by atoms with E-state index in [4.69, 9.17) is 4.74 Å². The van der Waals surface area contributed by atoms with Crippen LogP contribution >= 0.6 is 0 Å². The summed E-state index contributed by atoms with van der Waals surface area (Å²) in [4.78, 5) is 14.5. The molecule has 1 aliphatic heterocycles. The molecule has 0 bridgehead atoms. The van der Waals surface area contributed by atoms with Crippen molar-refractivity contribution in [1.29, 1.82) is 0 Å². The fraction of sp³-hybridized carbons (Fsp3) is 0.611. The molecule has 128 valence electrons. The largest absolute Gasteiger partial charge is 0.374 e. The number of urea groups is 1. The molecule has 1 aromatic carbocycles. The maximum absolute atomic E-state index is 12.1. The maximum atomic E-state index is 12.1. The summed E-state index contributed by atoms with van der Waals surface area (Å²) in [7, 11) is 0. The average Bonchev–Trinajstić information content (AvgIpc) is 2.50. The van der Waals surface area contributed by atoms with Crippen molar-refractivity contribution in [2.24, 2.45) is 5.92 Å². The van der Waals surface area contributed by atoms with Crippen molar-refractivity contribution >= 4 is 11.7 Å². The quantitative estimate of drug-likeness (QED) is 0.877. The molecule has 2 amide bonds. The van der Waals surface area contributed by atoms with Gasteiger partial charge in [-0.3, -0.25) is 4.90 Å². The van der Waals surface area contributed by atoms with Gasteiger partial charge in [0.25, 0.3) is 0 Å². The monoisotopic (exact) mass is 319 g/mol. The van der Waals surface area contributed by atoms with E-state index in [0.717, 1.165) is 37.5 Å². The number of morpholine rings is 1. The van der Waals surface area contributed by atoms with E-state index < -0.39 is 0 Å². The number of nitrogens with one attached hydrogen (secondary N) is 2. The standard InChI is InChI=1S/C18H29N3O2/c1-13(2)11-21-8-9-23-16(12-21)10-19-18(22)20-17-7-5-6-14(3)15(17)4/h5-7,13,16H,8-12H2,1-4H3,(H2,19,20,22). The number of hydrogen-bond donors (Lipinski definition) is 2. The van der Waals surface area contributed by atoms with E-state index in [1.54, 1.807) is 0 Å². The molecule has 2 N–H and O–H groups in total. The zero-order valence-corrected chi connectivity index (χ0v) is 14.7. The molecule has 1 unspecified atom stereocenters. The summed E-state index contributed by atoms with van der Waals surface area (Å²) < 4.78 is 5.75. The van der Waals surface area contributed by atoms with Crippen LogP contribution in [0.15, 0.2) is 18.2 Å². The SMILES string of the molecule is Cc1cccc(NC(=O)NCC2CN(CC(C)C)CCO2)c1C. The Hall–Kier alpha value is -1.59. The molecule has 0 spiro atoms. The molecule has 0 saturated carbocycles.